The topological polar surface area (TPSA) is 90.0 Å². The molecule has 2 unspecified atom stereocenters. The van der Waals surface area contributed by atoms with Crippen molar-refractivity contribution in [2.75, 3.05) is 6.54 Å². The lowest BCUT2D eigenvalue weighted by Crippen LogP contribution is -2.49. The van der Waals surface area contributed by atoms with Gasteiger partial charge in [-0.3, -0.25) is 4.79 Å². The molecule has 1 amide bonds. The minimum atomic E-state index is -0.645. The Morgan fingerprint density at radius 2 is 2.12 bits per heavy atom. The van der Waals surface area contributed by atoms with Crippen molar-refractivity contribution < 1.29 is 9.90 Å². The molecule has 1 aromatic heterocycles. The minimum absolute atomic E-state index is 0.0645. The summed E-state index contributed by atoms with van der Waals surface area (Å²) in [6.45, 7) is 0.946. The van der Waals surface area contributed by atoms with Gasteiger partial charge in [0.1, 0.15) is 0 Å². The number of aromatic nitrogens is 2. The molecule has 2 heterocycles. The molecule has 2 aromatic carbocycles. The Morgan fingerprint density at radius 3 is 3.00 bits per heavy atom. The lowest BCUT2D eigenvalue weighted by Gasteiger charge is -2.30. The lowest BCUT2D eigenvalue weighted by molar-refractivity contribution is 0.0870. The summed E-state index contributed by atoms with van der Waals surface area (Å²) in [6.07, 6.45) is 1.71. The van der Waals surface area contributed by atoms with E-state index in [1.165, 1.54) is 11.1 Å². The summed E-state index contributed by atoms with van der Waals surface area (Å²) >= 11 is 0. The fourth-order valence-electron chi connectivity index (χ4n) is 3.27. The Kier molecular flexibility index (Phi) is 4.21. The fraction of sp³-hybridized carbons (Fsp3) is 0.263. The first-order valence-corrected chi connectivity index (χ1v) is 8.40. The van der Waals surface area contributed by atoms with Crippen LogP contribution in [0.1, 0.15) is 21.5 Å². The number of benzene rings is 2. The van der Waals surface area contributed by atoms with Crippen molar-refractivity contribution in [2.24, 2.45) is 0 Å². The van der Waals surface area contributed by atoms with Crippen LogP contribution in [0.2, 0.25) is 0 Å². The number of aliphatic hydroxyl groups excluding tert-OH is 1. The highest BCUT2D eigenvalue weighted by Gasteiger charge is 2.24. The highest BCUT2D eigenvalue weighted by Crippen LogP contribution is 2.18. The van der Waals surface area contributed by atoms with Crippen LogP contribution < -0.4 is 10.6 Å². The Hall–Kier alpha value is -2.70. The van der Waals surface area contributed by atoms with Crippen molar-refractivity contribution in [1.29, 1.82) is 0 Å². The number of nitrogens with zero attached hydrogens (tertiary/aromatic N) is 1. The zero-order valence-electron chi connectivity index (χ0n) is 13.7. The maximum Gasteiger partial charge on any atom is 0.251 e. The van der Waals surface area contributed by atoms with Crippen LogP contribution in [0.15, 0.2) is 48.8 Å². The standard InChI is InChI=1S/C19H20N4O2/c24-18(17-7-12-3-1-2-4-14(12)9-20-17)10-21-19(25)13-5-6-15-16(8-13)23-11-22-15/h1-6,8,11,17-18,20,24H,7,9-10H2,(H,21,25)(H,22,23). The summed E-state index contributed by atoms with van der Waals surface area (Å²) in [5.41, 5.74) is 4.70. The molecule has 0 saturated carbocycles. The molecule has 2 atom stereocenters. The number of fused-ring (bicyclic) bond motifs is 2. The molecule has 1 aliphatic heterocycles. The number of amides is 1. The second-order valence-electron chi connectivity index (χ2n) is 6.37. The minimum Gasteiger partial charge on any atom is -0.390 e. The van der Waals surface area contributed by atoms with Crippen LogP contribution in [0.3, 0.4) is 0 Å². The van der Waals surface area contributed by atoms with Gasteiger partial charge >= 0.3 is 0 Å². The van der Waals surface area contributed by atoms with Gasteiger partial charge in [0.15, 0.2) is 0 Å². The summed E-state index contributed by atoms with van der Waals surface area (Å²) in [5, 5.41) is 16.6. The predicted molar refractivity (Wildman–Crippen MR) is 95.2 cm³/mol. The summed E-state index contributed by atoms with van der Waals surface area (Å²) < 4.78 is 0. The highest BCUT2D eigenvalue weighted by atomic mass is 16.3. The van der Waals surface area contributed by atoms with E-state index in [1.807, 2.05) is 12.1 Å². The molecule has 4 rings (SSSR count). The van der Waals surface area contributed by atoms with E-state index in [1.54, 1.807) is 24.5 Å². The van der Waals surface area contributed by atoms with Crippen LogP contribution in [-0.2, 0) is 13.0 Å². The molecule has 1 aliphatic rings. The van der Waals surface area contributed by atoms with Crippen molar-refractivity contribution in [1.82, 2.24) is 20.6 Å². The van der Waals surface area contributed by atoms with Gasteiger partial charge in [-0.15, -0.1) is 0 Å². The third-order valence-corrected chi connectivity index (χ3v) is 4.73. The Labute approximate surface area is 145 Å². The number of H-pyrrole nitrogens is 1. The third kappa shape index (κ3) is 3.26. The van der Waals surface area contributed by atoms with Crippen molar-refractivity contribution >= 4 is 16.9 Å². The second kappa shape index (κ2) is 6.66. The normalized spacial score (nSPS) is 17.9. The first-order chi connectivity index (χ1) is 12.2. The van der Waals surface area contributed by atoms with Gasteiger partial charge < -0.3 is 20.7 Å². The first-order valence-electron chi connectivity index (χ1n) is 8.40. The summed E-state index contributed by atoms with van der Waals surface area (Å²) in [5.74, 6) is -0.202. The van der Waals surface area contributed by atoms with Gasteiger partial charge in [0.25, 0.3) is 5.91 Å². The number of rotatable bonds is 4. The van der Waals surface area contributed by atoms with E-state index in [9.17, 15) is 9.90 Å². The molecule has 0 fully saturated rings. The molecular weight excluding hydrogens is 316 g/mol. The van der Waals surface area contributed by atoms with Crippen molar-refractivity contribution in [3.63, 3.8) is 0 Å². The summed E-state index contributed by atoms with van der Waals surface area (Å²) in [4.78, 5) is 19.4. The second-order valence-corrected chi connectivity index (χ2v) is 6.37. The molecule has 128 valence electrons. The highest BCUT2D eigenvalue weighted by molar-refractivity contribution is 5.97. The number of hydrogen-bond acceptors (Lipinski definition) is 4. The molecule has 4 N–H and O–H groups in total. The lowest BCUT2D eigenvalue weighted by atomic mass is 9.93. The van der Waals surface area contributed by atoms with E-state index >= 15 is 0 Å². The number of hydrogen-bond donors (Lipinski definition) is 4. The zero-order chi connectivity index (χ0) is 17.2. The molecule has 6 nitrogen and oxygen atoms in total. The van der Waals surface area contributed by atoms with Gasteiger partial charge in [0, 0.05) is 24.7 Å². The van der Waals surface area contributed by atoms with Gasteiger partial charge in [0.05, 0.1) is 23.5 Å². The van der Waals surface area contributed by atoms with E-state index < -0.39 is 6.10 Å². The Bertz CT molecular complexity index is 905. The quantitative estimate of drug-likeness (QED) is 0.579. The maximum absolute atomic E-state index is 12.3. The number of carbonyl (C=O) groups excluding carboxylic acids is 1. The van der Waals surface area contributed by atoms with E-state index in [2.05, 4.69) is 32.7 Å². The third-order valence-electron chi connectivity index (χ3n) is 4.73. The van der Waals surface area contributed by atoms with Crippen LogP contribution in [-0.4, -0.2) is 39.7 Å². The van der Waals surface area contributed by atoms with Crippen LogP contribution in [0, 0.1) is 0 Å². The maximum atomic E-state index is 12.3. The number of imidazole rings is 1. The van der Waals surface area contributed by atoms with Crippen LogP contribution in [0.5, 0.6) is 0 Å². The number of aromatic amines is 1. The van der Waals surface area contributed by atoms with E-state index in [4.69, 9.17) is 0 Å². The SMILES string of the molecule is O=C(NCC(O)C1Cc2ccccc2CN1)c1ccc2nc[nH]c2c1. The summed E-state index contributed by atoms with van der Waals surface area (Å²) in [7, 11) is 0. The van der Waals surface area contributed by atoms with Gasteiger partial charge in [-0.25, -0.2) is 4.98 Å². The Balaban J connectivity index is 1.37. The molecule has 0 spiro atoms. The molecule has 25 heavy (non-hydrogen) atoms. The average molecular weight is 336 g/mol. The first kappa shape index (κ1) is 15.8. The fourth-order valence-corrected chi connectivity index (χ4v) is 3.27. The van der Waals surface area contributed by atoms with Gasteiger partial charge in [0.2, 0.25) is 0 Å². The van der Waals surface area contributed by atoms with Gasteiger partial charge in [-0.2, -0.15) is 0 Å². The smallest absolute Gasteiger partial charge is 0.251 e. The van der Waals surface area contributed by atoms with Crippen molar-refractivity contribution in [3.8, 4) is 0 Å². The van der Waals surface area contributed by atoms with Gasteiger partial charge in [-0.1, -0.05) is 24.3 Å². The van der Waals surface area contributed by atoms with E-state index in [0.717, 1.165) is 24.0 Å². The molecule has 3 aromatic rings. The molecular formula is C19H20N4O2. The van der Waals surface area contributed by atoms with Crippen molar-refractivity contribution in [3.05, 3.63) is 65.5 Å². The van der Waals surface area contributed by atoms with Crippen LogP contribution >= 0.6 is 0 Å². The zero-order valence-corrected chi connectivity index (χ0v) is 13.7. The van der Waals surface area contributed by atoms with Crippen LogP contribution in [0.25, 0.3) is 11.0 Å². The molecule has 0 aliphatic carbocycles. The number of aliphatic hydroxyl groups is 1. The molecule has 0 bridgehead atoms. The van der Waals surface area contributed by atoms with E-state index in [0.29, 0.717) is 5.56 Å². The molecule has 0 radical (unpaired) electrons. The number of nitrogens with one attached hydrogen (secondary N) is 3. The van der Waals surface area contributed by atoms with E-state index in [-0.39, 0.29) is 18.5 Å². The predicted octanol–water partition coefficient (Wildman–Crippen LogP) is 1.37. The average Bonchev–Trinajstić information content (AvgIpc) is 3.13. The Morgan fingerprint density at radius 1 is 1.28 bits per heavy atom. The van der Waals surface area contributed by atoms with Crippen molar-refractivity contribution in [2.45, 2.75) is 25.1 Å². The molecule has 0 saturated heterocycles. The molecule has 6 heteroatoms. The summed E-state index contributed by atoms with van der Waals surface area (Å²) in [6, 6.07) is 13.5. The largest absolute Gasteiger partial charge is 0.390 e. The van der Waals surface area contributed by atoms with Crippen LogP contribution in [0.4, 0.5) is 0 Å². The number of carbonyl (C=O) groups is 1. The monoisotopic (exact) mass is 336 g/mol. The van der Waals surface area contributed by atoms with Gasteiger partial charge in [-0.05, 0) is 35.7 Å².